The van der Waals surface area contributed by atoms with E-state index in [9.17, 15) is 0 Å². The number of benzene rings is 1. The molecular formula is C14H12Cl2N2O. The maximum Gasteiger partial charge on any atom is 0.166 e. The van der Waals surface area contributed by atoms with Gasteiger partial charge in [0, 0.05) is 12.5 Å². The van der Waals surface area contributed by atoms with E-state index in [4.69, 9.17) is 27.9 Å². The fourth-order valence-corrected chi connectivity index (χ4v) is 2.72. The highest BCUT2D eigenvalue weighted by molar-refractivity contribution is 6.33. The molecule has 1 aromatic carbocycles. The Morgan fingerprint density at radius 1 is 1.16 bits per heavy atom. The van der Waals surface area contributed by atoms with Crippen LogP contribution in [0.3, 0.4) is 0 Å². The maximum absolute atomic E-state index is 5.99. The molecule has 0 saturated carbocycles. The van der Waals surface area contributed by atoms with Gasteiger partial charge in [-0.2, -0.15) is 0 Å². The number of nitrogens with zero attached hydrogens (tertiary/aromatic N) is 2. The third-order valence-electron chi connectivity index (χ3n) is 3.00. The van der Waals surface area contributed by atoms with Crippen LogP contribution in [-0.2, 0) is 6.42 Å². The SMILES string of the molecule is CC1(C)Cc2cccc(-c3nc(Cl)cc(Cl)n3)c2O1. The Morgan fingerprint density at radius 3 is 2.53 bits per heavy atom. The Hall–Kier alpha value is -1.32. The van der Waals surface area contributed by atoms with Crippen molar-refractivity contribution in [3.05, 3.63) is 40.1 Å². The van der Waals surface area contributed by atoms with E-state index in [1.165, 1.54) is 6.07 Å². The molecule has 0 fully saturated rings. The predicted octanol–water partition coefficient (Wildman–Crippen LogP) is 4.16. The fourth-order valence-electron chi connectivity index (χ4n) is 2.30. The zero-order valence-corrected chi connectivity index (χ0v) is 12.1. The zero-order chi connectivity index (χ0) is 13.6. The summed E-state index contributed by atoms with van der Waals surface area (Å²) in [6.07, 6.45) is 0.866. The number of para-hydroxylation sites is 1. The number of halogens is 2. The molecule has 0 spiro atoms. The molecule has 0 unspecified atom stereocenters. The van der Waals surface area contributed by atoms with Crippen LogP contribution >= 0.6 is 23.2 Å². The maximum atomic E-state index is 5.99. The van der Waals surface area contributed by atoms with Crippen molar-refractivity contribution in [2.75, 3.05) is 0 Å². The molecule has 0 N–H and O–H groups in total. The molecule has 1 aromatic heterocycles. The zero-order valence-electron chi connectivity index (χ0n) is 10.6. The molecule has 2 aromatic rings. The first-order chi connectivity index (χ1) is 8.94. The largest absolute Gasteiger partial charge is 0.486 e. The van der Waals surface area contributed by atoms with Crippen molar-refractivity contribution in [3.63, 3.8) is 0 Å². The van der Waals surface area contributed by atoms with E-state index in [2.05, 4.69) is 29.9 Å². The molecule has 0 saturated heterocycles. The van der Waals surface area contributed by atoms with Crippen LogP contribution in [0, 0.1) is 0 Å². The second-order valence-corrected chi connectivity index (χ2v) is 5.94. The van der Waals surface area contributed by atoms with Gasteiger partial charge in [-0.1, -0.05) is 35.3 Å². The van der Waals surface area contributed by atoms with Crippen LogP contribution in [0.5, 0.6) is 5.75 Å². The van der Waals surface area contributed by atoms with Crippen molar-refractivity contribution in [2.45, 2.75) is 25.9 Å². The van der Waals surface area contributed by atoms with Crippen LogP contribution in [0.4, 0.5) is 0 Å². The minimum Gasteiger partial charge on any atom is -0.486 e. The predicted molar refractivity (Wildman–Crippen MR) is 75.9 cm³/mol. The van der Waals surface area contributed by atoms with Crippen LogP contribution in [0.15, 0.2) is 24.3 Å². The van der Waals surface area contributed by atoms with Gasteiger partial charge in [0.15, 0.2) is 5.82 Å². The van der Waals surface area contributed by atoms with Gasteiger partial charge in [-0.25, -0.2) is 9.97 Å². The van der Waals surface area contributed by atoms with Crippen molar-refractivity contribution in [1.29, 1.82) is 0 Å². The topological polar surface area (TPSA) is 35.0 Å². The van der Waals surface area contributed by atoms with Crippen LogP contribution in [-0.4, -0.2) is 15.6 Å². The summed E-state index contributed by atoms with van der Waals surface area (Å²) in [7, 11) is 0. The summed E-state index contributed by atoms with van der Waals surface area (Å²) in [5.74, 6) is 1.32. The molecule has 0 atom stereocenters. The summed E-state index contributed by atoms with van der Waals surface area (Å²) in [6, 6.07) is 7.46. The van der Waals surface area contributed by atoms with Crippen molar-refractivity contribution in [3.8, 4) is 17.1 Å². The van der Waals surface area contributed by atoms with Gasteiger partial charge in [0.05, 0.1) is 5.56 Å². The lowest BCUT2D eigenvalue weighted by Gasteiger charge is -2.18. The van der Waals surface area contributed by atoms with E-state index in [0.29, 0.717) is 16.1 Å². The number of fused-ring (bicyclic) bond motifs is 1. The molecule has 0 amide bonds. The summed E-state index contributed by atoms with van der Waals surface area (Å²) < 4.78 is 5.99. The van der Waals surface area contributed by atoms with Gasteiger partial charge < -0.3 is 4.74 Å². The molecular weight excluding hydrogens is 283 g/mol. The summed E-state index contributed by atoms with van der Waals surface area (Å²) in [5.41, 5.74) is 1.77. The Bertz CT molecular complexity index is 636. The van der Waals surface area contributed by atoms with Crippen molar-refractivity contribution >= 4 is 23.2 Å². The van der Waals surface area contributed by atoms with Gasteiger partial charge in [0.1, 0.15) is 21.7 Å². The van der Waals surface area contributed by atoms with Gasteiger partial charge in [0.25, 0.3) is 0 Å². The lowest BCUT2D eigenvalue weighted by molar-refractivity contribution is 0.139. The third kappa shape index (κ3) is 2.40. The van der Waals surface area contributed by atoms with Crippen molar-refractivity contribution in [1.82, 2.24) is 9.97 Å². The summed E-state index contributed by atoms with van der Waals surface area (Å²) in [4.78, 5) is 8.44. The fraction of sp³-hybridized carbons (Fsp3) is 0.286. The second-order valence-electron chi connectivity index (χ2n) is 5.17. The summed E-state index contributed by atoms with van der Waals surface area (Å²) in [6.45, 7) is 4.12. The average molecular weight is 295 g/mol. The van der Waals surface area contributed by atoms with E-state index in [-0.39, 0.29) is 5.60 Å². The molecule has 0 radical (unpaired) electrons. The summed E-state index contributed by atoms with van der Waals surface area (Å²) >= 11 is 11.9. The third-order valence-corrected chi connectivity index (χ3v) is 3.38. The van der Waals surface area contributed by atoms with Gasteiger partial charge in [-0.3, -0.25) is 0 Å². The number of aromatic nitrogens is 2. The van der Waals surface area contributed by atoms with E-state index in [0.717, 1.165) is 23.3 Å². The Balaban J connectivity index is 2.15. The second kappa shape index (κ2) is 4.36. The minimum absolute atomic E-state index is 0.208. The van der Waals surface area contributed by atoms with Crippen molar-refractivity contribution < 1.29 is 4.74 Å². The highest BCUT2D eigenvalue weighted by Crippen LogP contribution is 2.41. The Labute approximate surface area is 121 Å². The highest BCUT2D eigenvalue weighted by atomic mass is 35.5. The number of rotatable bonds is 1. The first-order valence-electron chi connectivity index (χ1n) is 5.96. The molecule has 0 bridgehead atoms. The molecule has 3 nitrogen and oxygen atoms in total. The van der Waals surface area contributed by atoms with E-state index >= 15 is 0 Å². The monoisotopic (exact) mass is 294 g/mol. The van der Waals surface area contributed by atoms with Crippen molar-refractivity contribution in [2.24, 2.45) is 0 Å². The average Bonchev–Trinajstić information content (AvgIpc) is 2.60. The standard InChI is InChI=1S/C14H12Cl2N2O/c1-14(2)7-8-4-3-5-9(12(8)19-14)13-17-10(15)6-11(16)18-13/h3-6H,7H2,1-2H3. The van der Waals surface area contributed by atoms with E-state index in [1.807, 2.05) is 12.1 Å². The van der Waals surface area contributed by atoms with Gasteiger partial charge in [-0.15, -0.1) is 0 Å². The smallest absolute Gasteiger partial charge is 0.166 e. The molecule has 1 aliphatic rings. The first-order valence-corrected chi connectivity index (χ1v) is 6.72. The van der Waals surface area contributed by atoms with Crippen LogP contribution < -0.4 is 4.74 Å². The van der Waals surface area contributed by atoms with Crippen LogP contribution in [0.2, 0.25) is 10.3 Å². The highest BCUT2D eigenvalue weighted by Gasteiger charge is 2.32. The number of hydrogen-bond acceptors (Lipinski definition) is 3. The number of ether oxygens (including phenoxy) is 1. The molecule has 1 aliphatic heterocycles. The van der Waals surface area contributed by atoms with Crippen LogP contribution in [0.1, 0.15) is 19.4 Å². The lowest BCUT2D eigenvalue weighted by atomic mass is 10.0. The van der Waals surface area contributed by atoms with E-state index in [1.54, 1.807) is 0 Å². The molecule has 5 heteroatoms. The normalized spacial score (nSPS) is 16.0. The molecule has 19 heavy (non-hydrogen) atoms. The lowest BCUT2D eigenvalue weighted by Crippen LogP contribution is -2.24. The molecule has 2 heterocycles. The summed E-state index contributed by atoms with van der Waals surface area (Å²) in [5, 5.41) is 0.648. The quantitative estimate of drug-likeness (QED) is 0.741. The van der Waals surface area contributed by atoms with Gasteiger partial charge in [-0.05, 0) is 25.5 Å². The first kappa shape index (κ1) is 12.7. The molecule has 0 aliphatic carbocycles. The molecule has 98 valence electrons. The van der Waals surface area contributed by atoms with Gasteiger partial charge in [0.2, 0.25) is 0 Å². The minimum atomic E-state index is -0.208. The molecule has 3 rings (SSSR count). The Kier molecular flexibility index (Phi) is 2.91. The van der Waals surface area contributed by atoms with Crippen LogP contribution in [0.25, 0.3) is 11.4 Å². The number of hydrogen-bond donors (Lipinski definition) is 0. The Morgan fingerprint density at radius 2 is 1.84 bits per heavy atom. The van der Waals surface area contributed by atoms with E-state index < -0.39 is 0 Å². The van der Waals surface area contributed by atoms with Gasteiger partial charge >= 0.3 is 0 Å².